The summed E-state index contributed by atoms with van der Waals surface area (Å²) in [7, 11) is 0. The first-order chi connectivity index (χ1) is 6.07. The van der Waals surface area contributed by atoms with Crippen LogP contribution >= 0.6 is 11.6 Å². The molecule has 0 aliphatic heterocycles. The lowest BCUT2D eigenvalue weighted by atomic mass is 10.0. The Hall–Kier alpha value is -1.02. The third-order valence-corrected chi connectivity index (χ3v) is 2.46. The maximum absolute atomic E-state index is 10.8. The van der Waals surface area contributed by atoms with Gasteiger partial charge in [0.15, 0.2) is 0 Å². The van der Waals surface area contributed by atoms with Crippen LogP contribution in [0.4, 0.5) is 0 Å². The second-order valence-electron chi connectivity index (χ2n) is 2.89. The van der Waals surface area contributed by atoms with Crippen molar-refractivity contribution in [3.05, 3.63) is 33.8 Å². The predicted octanol–water partition coefficient (Wildman–Crippen LogP) is 2.91. The number of hydrogen-bond acceptors (Lipinski definition) is 1. The van der Waals surface area contributed by atoms with Crippen molar-refractivity contribution in [2.45, 2.75) is 20.3 Å². The Labute approximate surface area is 82.2 Å². The van der Waals surface area contributed by atoms with E-state index >= 15 is 0 Å². The third kappa shape index (κ3) is 1.83. The molecule has 1 N–H and O–H groups in total. The zero-order valence-corrected chi connectivity index (χ0v) is 8.35. The van der Waals surface area contributed by atoms with Gasteiger partial charge in [0.05, 0.1) is 10.6 Å². The smallest absolute Gasteiger partial charge is 0.337 e. The second-order valence-corrected chi connectivity index (χ2v) is 3.27. The third-order valence-electron chi connectivity index (χ3n) is 2.03. The molecule has 0 atom stereocenters. The fourth-order valence-corrected chi connectivity index (χ4v) is 1.68. The van der Waals surface area contributed by atoms with E-state index in [0.29, 0.717) is 10.6 Å². The number of carboxylic acids is 1. The molecule has 0 bridgehead atoms. The maximum Gasteiger partial charge on any atom is 0.337 e. The standard InChI is InChI=1S/C10H11ClO2/c1-3-7-5-4-6(2)8(9(7)11)10(12)13/h4-5H,3H2,1-2H3,(H,12,13). The fraction of sp³-hybridized carbons (Fsp3) is 0.300. The Balaban J connectivity index is 3.38. The number of carboxylic acid groups (broad SMARTS) is 1. The van der Waals surface area contributed by atoms with Crippen LogP contribution in [0.1, 0.15) is 28.4 Å². The molecular weight excluding hydrogens is 188 g/mol. The largest absolute Gasteiger partial charge is 0.478 e. The lowest BCUT2D eigenvalue weighted by Gasteiger charge is -2.07. The molecule has 1 aromatic rings. The number of halogens is 1. The van der Waals surface area contributed by atoms with Crippen molar-refractivity contribution in [2.24, 2.45) is 0 Å². The molecule has 0 aliphatic carbocycles. The minimum absolute atomic E-state index is 0.223. The quantitative estimate of drug-likeness (QED) is 0.794. The summed E-state index contributed by atoms with van der Waals surface area (Å²) in [6, 6.07) is 3.65. The molecule has 1 rings (SSSR count). The number of rotatable bonds is 2. The molecule has 0 amide bonds. The molecule has 0 radical (unpaired) electrons. The van der Waals surface area contributed by atoms with E-state index in [1.54, 1.807) is 13.0 Å². The molecule has 0 fully saturated rings. The van der Waals surface area contributed by atoms with Crippen LogP contribution in [0.5, 0.6) is 0 Å². The van der Waals surface area contributed by atoms with Gasteiger partial charge in [-0.1, -0.05) is 30.7 Å². The summed E-state index contributed by atoms with van der Waals surface area (Å²) in [6.07, 6.45) is 0.749. The highest BCUT2D eigenvalue weighted by Gasteiger charge is 2.14. The lowest BCUT2D eigenvalue weighted by Crippen LogP contribution is -2.02. The summed E-state index contributed by atoms with van der Waals surface area (Å²) in [6.45, 7) is 3.69. The van der Waals surface area contributed by atoms with Gasteiger partial charge in [-0.3, -0.25) is 0 Å². The molecule has 70 valence electrons. The van der Waals surface area contributed by atoms with E-state index in [9.17, 15) is 4.79 Å². The van der Waals surface area contributed by atoms with Gasteiger partial charge in [-0.05, 0) is 24.5 Å². The van der Waals surface area contributed by atoms with Gasteiger partial charge in [-0.15, -0.1) is 0 Å². The Kier molecular flexibility index (Phi) is 2.94. The van der Waals surface area contributed by atoms with Crippen LogP contribution in [0.25, 0.3) is 0 Å². The highest BCUT2D eigenvalue weighted by atomic mass is 35.5. The van der Waals surface area contributed by atoms with Gasteiger partial charge in [0.1, 0.15) is 0 Å². The van der Waals surface area contributed by atoms with Crippen LogP contribution in [-0.4, -0.2) is 11.1 Å². The monoisotopic (exact) mass is 198 g/mol. The van der Waals surface area contributed by atoms with Gasteiger partial charge < -0.3 is 5.11 Å². The van der Waals surface area contributed by atoms with Crippen LogP contribution in [0, 0.1) is 6.92 Å². The van der Waals surface area contributed by atoms with Gasteiger partial charge in [0.2, 0.25) is 0 Å². The Morgan fingerprint density at radius 2 is 2.15 bits per heavy atom. The molecule has 0 aliphatic rings. The molecule has 0 unspecified atom stereocenters. The zero-order valence-electron chi connectivity index (χ0n) is 7.60. The summed E-state index contributed by atoms with van der Waals surface area (Å²) in [5.74, 6) is -0.960. The second kappa shape index (κ2) is 3.79. The van der Waals surface area contributed by atoms with Crippen molar-refractivity contribution in [3.63, 3.8) is 0 Å². The van der Waals surface area contributed by atoms with E-state index in [2.05, 4.69) is 0 Å². The molecule has 2 nitrogen and oxygen atoms in total. The fourth-order valence-electron chi connectivity index (χ4n) is 1.25. The Morgan fingerprint density at radius 1 is 1.54 bits per heavy atom. The predicted molar refractivity (Wildman–Crippen MR) is 52.5 cm³/mol. The van der Waals surface area contributed by atoms with E-state index in [1.807, 2.05) is 13.0 Å². The summed E-state index contributed by atoms with van der Waals surface area (Å²) in [5.41, 5.74) is 1.81. The highest BCUT2D eigenvalue weighted by Crippen LogP contribution is 2.24. The van der Waals surface area contributed by atoms with Gasteiger partial charge in [0.25, 0.3) is 0 Å². The van der Waals surface area contributed by atoms with Gasteiger partial charge in [-0.25, -0.2) is 4.79 Å². The number of hydrogen-bond donors (Lipinski definition) is 1. The van der Waals surface area contributed by atoms with Crippen LogP contribution < -0.4 is 0 Å². The lowest BCUT2D eigenvalue weighted by molar-refractivity contribution is 0.0696. The van der Waals surface area contributed by atoms with Gasteiger partial charge in [0, 0.05) is 0 Å². The molecular formula is C10H11ClO2. The van der Waals surface area contributed by atoms with E-state index in [4.69, 9.17) is 16.7 Å². The van der Waals surface area contributed by atoms with Crippen molar-refractivity contribution in [2.75, 3.05) is 0 Å². The van der Waals surface area contributed by atoms with Crippen LogP contribution in [0.3, 0.4) is 0 Å². The van der Waals surface area contributed by atoms with Crippen molar-refractivity contribution in [1.82, 2.24) is 0 Å². The average molecular weight is 199 g/mol. The SMILES string of the molecule is CCc1ccc(C)c(C(=O)O)c1Cl. The zero-order chi connectivity index (χ0) is 10.0. The molecule has 0 saturated carbocycles. The maximum atomic E-state index is 10.8. The van der Waals surface area contributed by atoms with Crippen LogP contribution in [0.15, 0.2) is 12.1 Å². The average Bonchev–Trinajstić information content (AvgIpc) is 2.04. The molecule has 0 aromatic heterocycles. The van der Waals surface area contributed by atoms with Gasteiger partial charge >= 0.3 is 5.97 Å². The Morgan fingerprint density at radius 3 is 2.62 bits per heavy atom. The van der Waals surface area contributed by atoms with Crippen LogP contribution in [-0.2, 0) is 6.42 Å². The molecule has 0 spiro atoms. The summed E-state index contributed by atoms with van der Waals surface area (Å²) < 4.78 is 0. The highest BCUT2D eigenvalue weighted by molar-refractivity contribution is 6.34. The van der Waals surface area contributed by atoms with E-state index in [0.717, 1.165) is 12.0 Å². The van der Waals surface area contributed by atoms with Crippen molar-refractivity contribution < 1.29 is 9.90 Å². The number of aromatic carboxylic acids is 1. The van der Waals surface area contributed by atoms with Crippen molar-refractivity contribution >= 4 is 17.6 Å². The molecule has 3 heteroatoms. The Bertz CT molecular complexity index is 345. The van der Waals surface area contributed by atoms with Crippen LogP contribution in [0.2, 0.25) is 5.02 Å². The van der Waals surface area contributed by atoms with Gasteiger partial charge in [-0.2, -0.15) is 0 Å². The molecule has 13 heavy (non-hydrogen) atoms. The molecule has 0 heterocycles. The molecule has 1 aromatic carbocycles. The topological polar surface area (TPSA) is 37.3 Å². The number of carbonyl (C=O) groups is 1. The number of aryl methyl sites for hydroxylation is 2. The normalized spacial score (nSPS) is 10.1. The summed E-state index contributed by atoms with van der Waals surface area (Å²) in [5, 5.41) is 9.25. The van der Waals surface area contributed by atoms with E-state index in [1.165, 1.54) is 0 Å². The minimum atomic E-state index is -0.960. The summed E-state index contributed by atoms with van der Waals surface area (Å²) >= 11 is 5.93. The van der Waals surface area contributed by atoms with Crippen molar-refractivity contribution in [3.8, 4) is 0 Å². The first-order valence-corrected chi connectivity index (χ1v) is 4.47. The van der Waals surface area contributed by atoms with E-state index in [-0.39, 0.29) is 5.56 Å². The van der Waals surface area contributed by atoms with Crippen molar-refractivity contribution in [1.29, 1.82) is 0 Å². The summed E-state index contributed by atoms with van der Waals surface area (Å²) in [4.78, 5) is 10.8. The molecule has 0 saturated heterocycles. The minimum Gasteiger partial charge on any atom is -0.478 e. The van der Waals surface area contributed by atoms with E-state index < -0.39 is 5.97 Å². The number of benzene rings is 1. The first kappa shape index (κ1) is 10.1. The first-order valence-electron chi connectivity index (χ1n) is 4.09.